The zero-order valence-corrected chi connectivity index (χ0v) is 9.17. The average Bonchev–Trinajstić information content (AvgIpc) is 2.75. The van der Waals surface area contributed by atoms with Gasteiger partial charge in [0.1, 0.15) is 6.04 Å². The van der Waals surface area contributed by atoms with Crippen LogP contribution in [0.2, 0.25) is 0 Å². The number of nitrogens with two attached hydrogens (primary N) is 1. The Labute approximate surface area is 90.8 Å². The molecule has 1 rings (SSSR count). The summed E-state index contributed by atoms with van der Waals surface area (Å²) in [6, 6.07) is 0.677. The molecule has 1 unspecified atom stereocenters. The van der Waals surface area contributed by atoms with Gasteiger partial charge in [-0.3, -0.25) is 0 Å². The third-order valence-corrected chi connectivity index (χ3v) is 2.82. The molecule has 0 spiro atoms. The van der Waals surface area contributed by atoms with Gasteiger partial charge in [-0.25, -0.2) is 9.59 Å². The van der Waals surface area contributed by atoms with Gasteiger partial charge >= 0.3 is 11.9 Å². The first-order valence-corrected chi connectivity index (χ1v) is 4.98. The number of ether oxygens (including phenoxy) is 2. The first-order chi connectivity index (χ1) is 7.10. The Kier molecular flexibility index (Phi) is 3.81. The maximum atomic E-state index is 11.1. The van der Waals surface area contributed by atoms with Gasteiger partial charge in [-0.2, -0.15) is 0 Å². The zero-order valence-electron chi connectivity index (χ0n) is 8.35. The SMILES string of the molecule is COC(=O)c1csc(C(N)C(=O)OC)c1. The highest BCUT2D eigenvalue weighted by Gasteiger charge is 2.19. The topological polar surface area (TPSA) is 78.6 Å². The fourth-order valence-corrected chi connectivity index (χ4v) is 1.85. The maximum absolute atomic E-state index is 11.1. The number of esters is 2. The Morgan fingerprint density at radius 2 is 2.07 bits per heavy atom. The zero-order chi connectivity index (χ0) is 11.4. The Morgan fingerprint density at radius 3 is 2.60 bits per heavy atom. The van der Waals surface area contributed by atoms with E-state index in [1.54, 1.807) is 5.38 Å². The molecule has 6 heteroatoms. The molecule has 0 saturated heterocycles. The van der Waals surface area contributed by atoms with E-state index < -0.39 is 18.0 Å². The van der Waals surface area contributed by atoms with E-state index in [9.17, 15) is 9.59 Å². The van der Waals surface area contributed by atoms with Crippen LogP contribution in [0.15, 0.2) is 11.4 Å². The van der Waals surface area contributed by atoms with Gasteiger partial charge in [0.2, 0.25) is 0 Å². The van der Waals surface area contributed by atoms with Crippen LogP contribution in [-0.4, -0.2) is 26.2 Å². The third-order valence-electron chi connectivity index (χ3n) is 1.80. The summed E-state index contributed by atoms with van der Waals surface area (Å²) in [5.74, 6) is -0.983. The summed E-state index contributed by atoms with van der Waals surface area (Å²) in [4.78, 5) is 22.8. The molecule has 0 aliphatic rings. The Balaban J connectivity index is 2.84. The molecule has 0 fully saturated rings. The minimum absolute atomic E-state index is 0.386. The van der Waals surface area contributed by atoms with Crippen LogP contribution in [0.4, 0.5) is 0 Å². The van der Waals surface area contributed by atoms with Gasteiger partial charge in [0.25, 0.3) is 0 Å². The summed E-state index contributed by atoms with van der Waals surface area (Å²) in [5, 5.41) is 1.59. The van der Waals surface area contributed by atoms with E-state index in [-0.39, 0.29) is 0 Å². The Hall–Kier alpha value is -1.40. The van der Waals surface area contributed by atoms with Crippen molar-refractivity contribution in [3.8, 4) is 0 Å². The fraction of sp³-hybridized carbons (Fsp3) is 0.333. The third kappa shape index (κ3) is 2.54. The monoisotopic (exact) mass is 229 g/mol. The molecule has 1 aromatic heterocycles. The standard InChI is InChI=1S/C9H11NO4S/c1-13-8(11)5-3-6(15-4-5)7(10)9(12)14-2/h3-4,7H,10H2,1-2H3. The van der Waals surface area contributed by atoms with Crippen LogP contribution in [0.3, 0.4) is 0 Å². The molecular weight excluding hydrogens is 218 g/mol. The molecule has 0 aromatic carbocycles. The second-order valence-corrected chi connectivity index (χ2v) is 3.67. The summed E-state index contributed by atoms with van der Waals surface area (Å²) >= 11 is 1.22. The lowest BCUT2D eigenvalue weighted by Crippen LogP contribution is -2.21. The molecule has 1 aromatic rings. The lowest BCUT2D eigenvalue weighted by Gasteiger charge is -2.05. The van der Waals surface area contributed by atoms with Crippen LogP contribution in [0.5, 0.6) is 0 Å². The van der Waals surface area contributed by atoms with Crippen molar-refractivity contribution < 1.29 is 19.1 Å². The molecule has 82 valence electrons. The summed E-state index contributed by atoms with van der Waals surface area (Å²) in [7, 11) is 2.55. The van der Waals surface area contributed by atoms with Gasteiger partial charge in [-0.1, -0.05) is 0 Å². The van der Waals surface area contributed by atoms with Crippen LogP contribution in [0.25, 0.3) is 0 Å². The minimum Gasteiger partial charge on any atom is -0.468 e. The molecule has 0 amide bonds. The quantitative estimate of drug-likeness (QED) is 0.772. The van der Waals surface area contributed by atoms with E-state index in [0.717, 1.165) is 0 Å². The van der Waals surface area contributed by atoms with E-state index in [1.807, 2.05) is 0 Å². The second-order valence-electron chi connectivity index (χ2n) is 2.73. The predicted molar refractivity (Wildman–Crippen MR) is 54.6 cm³/mol. The van der Waals surface area contributed by atoms with Crippen LogP contribution in [0.1, 0.15) is 21.3 Å². The van der Waals surface area contributed by atoms with Gasteiger partial charge < -0.3 is 15.2 Å². The molecule has 0 radical (unpaired) electrons. The normalized spacial score (nSPS) is 11.9. The fourth-order valence-electron chi connectivity index (χ4n) is 0.984. The highest BCUT2D eigenvalue weighted by Crippen LogP contribution is 2.21. The molecule has 0 bridgehead atoms. The van der Waals surface area contributed by atoms with Gasteiger partial charge in [0, 0.05) is 10.3 Å². The number of methoxy groups -OCH3 is 2. The van der Waals surface area contributed by atoms with Gasteiger partial charge in [0.05, 0.1) is 19.8 Å². The Morgan fingerprint density at radius 1 is 1.40 bits per heavy atom. The molecule has 0 aliphatic heterocycles. The molecule has 1 heterocycles. The van der Waals surface area contributed by atoms with E-state index in [4.69, 9.17) is 5.73 Å². The molecule has 0 saturated carbocycles. The molecule has 15 heavy (non-hydrogen) atoms. The maximum Gasteiger partial charge on any atom is 0.338 e. The van der Waals surface area contributed by atoms with E-state index in [2.05, 4.69) is 9.47 Å². The number of hydrogen-bond acceptors (Lipinski definition) is 6. The van der Waals surface area contributed by atoms with Crippen molar-refractivity contribution in [3.63, 3.8) is 0 Å². The van der Waals surface area contributed by atoms with Crippen molar-refractivity contribution in [3.05, 3.63) is 21.9 Å². The van der Waals surface area contributed by atoms with Gasteiger partial charge in [-0.05, 0) is 6.07 Å². The van der Waals surface area contributed by atoms with Crippen molar-refractivity contribution in [2.24, 2.45) is 5.73 Å². The van der Waals surface area contributed by atoms with E-state index in [0.29, 0.717) is 10.4 Å². The first-order valence-electron chi connectivity index (χ1n) is 4.10. The predicted octanol–water partition coefficient (Wildman–Crippen LogP) is 0.708. The van der Waals surface area contributed by atoms with Crippen LogP contribution >= 0.6 is 11.3 Å². The van der Waals surface area contributed by atoms with E-state index >= 15 is 0 Å². The highest BCUT2D eigenvalue weighted by molar-refractivity contribution is 7.10. The van der Waals surface area contributed by atoms with E-state index in [1.165, 1.54) is 31.6 Å². The van der Waals surface area contributed by atoms with Gasteiger partial charge in [-0.15, -0.1) is 11.3 Å². The van der Waals surface area contributed by atoms with Crippen molar-refractivity contribution >= 4 is 23.3 Å². The first kappa shape index (κ1) is 11.7. The lowest BCUT2D eigenvalue weighted by atomic mass is 10.2. The van der Waals surface area contributed by atoms with Crippen molar-refractivity contribution in [2.45, 2.75) is 6.04 Å². The molecular formula is C9H11NO4S. The van der Waals surface area contributed by atoms with Crippen molar-refractivity contribution in [1.29, 1.82) is 0 Å². The number of rotatable bonds is 3. The van der Waals surface area contributed by atoms with Crippen LogP contribution in [-0.2, 0) is 14.3 Å². The minimum atomic E-state index is -0.849. The van der Waals surface area contributed by atoms with Crippen LogP contribution in [0, 0.1) is 0 Å². The summed E-state index contributed by atoms with van der Waals surface area (Å²) in [5.41, 5.74) is 5.97. The average molecular weight is 229 g/mol. The molecule has 0 aliphatic carbocycles. The Bertz CT molecular complexity index is 374. The smallest absolute Gasteiger partial charge is 0.338 e. The number of carbonyl (C=O) groups excluding carboxylic acids is 2. The summed E-state index contributed by atoms with van der Waals surface area (Å²) in [6.07, 6.45) is 0. The number of thiophene rings is 1. The molecule has 5 nitrogen and oxygen atoms in total. The number of carbonyl (C=O) groups is 2. The van der Waals surface area contributed by atoms with Crippen molar-refractivity contribution in [1.82, 2.24) is 0 Å². The lowest BCUT2D eigenvalue weighted by molar-refractivity contribution is -0.142. The van der Waals surface area contributed by atoms with Gasteiger partial charge in [0.15, 0.2) is 0 Å². The number of hydrogen-bond donors (Lipinski definition) is 1. The summed E-state index contributed by atoms with van der Waals surface area (Å²) in [6.45, 7) is 0. The second kappa shape index (κ2) is 4.90. The largest absolute Gasteiger partial charge is 0.468 e. The highest BCUT2D eigenvalue weighted by atomic mass is 32.1. The molecule has 1 atom stereocenters. The van der Waals surface area contributed by atoms with Crippen LogP contribution < -0.4 is 5.73 Å². The van der Waals surface area contributed by atoms with Crippen molar-refractivity contribution in [2.75, 3.05) is 14.2 Å². The molecule has 2 N–H and O–H groups in total. The summed E-state index contributed by atoms with van der Waals surface area (Å²) < 4.78 is 9.02.